The molecule has 0 bridgehead atoms. The van der Waals surface area contributed by atoms with E-state index in [4.69, 9.17) is 55.5 Å². The van der Waals surface area contributed by atoms with Crippen molar-refractivity contribution in [3.05, 3.63) is 8.96 Å². The molecular weight excluding hydrogens is 524 g/mol. The smallest absolute Gasteiger partial charge is 0.232 e. The minimum atomic E-state index is -3.03. The van der Waals surface area contributed by atoms with Crippen LogP contribution in [-0.2, 0) is 18.2 Å². The van der Waals surface area contributed by atoms with Crippen molar-refractivity contribution in [3.8, 4) is 0 Å². The normalized spacial score (nSPS) is 14.3. The Bertz CT molecular complexity index is 381. The van der Waals surface area contributed by atoms with E-state index in [2.05, 4.69) is 31.9 Å². The largest absolute Gasteiger partial charge is 0.321 e. The fourth-order valence-corrected chi connectivity index (χ4v) is 5.01. The predicted octanol–water partition coefficient (Wildman–Crippen LogP) is 6.36. The number of hydrogen-bond acceptors (Lipinski definition) is 4. The summed E-state index contributed by atoms with van der Waals surface area (Å²) in [4.78, 5) is 0. The fourth-order valence-electron chi connectivity index (χ4n) is 0.707. The van der Waals surface area contributed by atoms with Crippen molar-refractivity contribution in [2.45, 2.75) is 0 Å². The van der Waals surface area contributed by atoms with Gasteiger partial charge < -0.3 is 9.05 Å². The van der Waals surface area contributed by atoms with Crippen LogP contribution >= 0.6 is 93.0 Å². The lowest BCUT2D eigenvalue weighted by atomic mass is 10.5. The lowest BCUT2D eigenvalue weighted by Gasteiger charge is -2.15. The van der Waals surface area contributed by atoms with Crippen LogP contribution in [0.3, 0.4) is 0 Å². The molecule has 0 aromatic carbocycles. The Morgan fingerprint density at radius 3 is 1.20 bits per heavy atom. The highest BCUT2D eigenvalue weighted by Crippen LogP contribution is 2.50. The maximum atomic E-state index is 11.8. The third-order valence-corrected chi connectivity index (χ3v) is 10.8. The monoisotopic (exact) mass is 532 g/mol. The van der Waals surface area contributed by atoms with Gasteiger partial charge in [-0.05, 0) is 0 Å². The van der Waals surface area contributed by atoms with Gasteiger partial charge in [0.2, 0.25) is 14.7 Å². The maximum Gasteiger partial charge on any atom is 0.232 e. The van der Waals surface area contributed by atoms with E-state index >= 15 is 0 Å². The zero-order chi connectivity index (χ0) is 15.8. The van der Waals surface area contributed by atoms with E-state index in [0.717, 1.165) is 0 Å². The molecule has 0 atom stereocenters. The molecule has 0 aromatic rings. The Kier molecular flexibility index (Phi) is 12.1. The first-order valence-electron chi connectivity index (χ1n) is 4.98. The molecule has 0 spiro atoms. The second-order valence-corrected chi connectivity index (χ2v) is 13.0. The predicted molar refractivity (Wildman–Crippen MR) is 94.9 cm³/mol. The molecule has 0 aliphatic rings. The Morgan fingerprint density at radius 2 is 1.00 bits per heavy atom. The second-order valence-electron chi connectivity index (χ2n) is 3.46. The molecule has 0 fully saturated rings. The summed E-state index contributed by atoms with van der Waals surface area (Å²) in [5.74, 6) is 0. The molecule has 0 aliphatic heterocycles. The summed E-state index contributed by atoms with van der Waals surface area (Å²) >= 11 is 28.6. The molecule has 0 aliphatic carbocycles. The second kappa shape index (κ2) is 10.9. The lowest BCUT2D eigenvalue weighted by Crippen LogP contribution is -2.01. The van der Waals surface area contributed by atoms with Gasteiger partial charge in [0.05, 0.1) is 13.2 Å². The van der Waals surface area contributed by atoms with Crippen molar-refractivity contribution in [2.75, 3.05) is 35.7 Å². The lowest BCUT2D eigenvalue weighted by molar-refractivity contribution is 0.344. The van der Waals surface area contributed by atoms with Crippen molar-refractivity contribution < 1.29 is 18.2 Å². The van der Waals surface area contributed by atoms with Crippen LogP contribution in [0.25, 0.3) is 0 Å². The molecule has 0 saturated heterocycles. The van der Waals surface area contributed by atoms with E-state index in [0.29, 0.717) is 8.96 Å². The molecule has 0 saturated carbocycles. The molecule has 0 unspecified atom stereocenters. The minimum absolute atomic E-state index is 0.00723. The zero-order valence-electron chi connectivity index (χ0n) is 10.0. The summed E-state index contributed by atoms with van der Waals surface area (Å²) < 4.78 is 35.1. The Morgan fingerprint density at radius 1 is 0.750 bits per heavy atom. The van der Waals surface area contributed by atoms with Crippen LogP contribution in [0, 0.1) is 0 Å². The number of hydrogen-bond donors (Lipinski definition) is 0. The van der Waals surface area contributed by atoms with Gasteiger partial charge in [0.1, 0.15) is 22.5 Å². The molecule has 0 aromatic heterocycles. The topological polar surface area (TPSA) is 52.6 Å². The average Bonchev–Trinajstić information content (AvgIpc) is 2.49. The van der Waals surface area contributed by atoms with Crippen molar-refractivity contribution in [2.24, 2.45) is 0 Å². The molecule has 0 rings (SSSR count). The summed E-state index contributed by atoms with van der Waals surface area (Å²) in [6, 6.07) is 0. The number of rotatable bonds is 10. The van der Waals surface area contributed by atoms with Gasteiger partial charge in [0.25, 0.3) is 0 Å². The standard InChI is InChI=1S/C8H12Br2Cl4O4P2/c9-7(1-17-19(15,3-11)4-12)8(10)2-18-20(16,5-13)6-14/h1-6H2/b8-7+. The van der Waals surface area contributed by atoms with Crippen molar-refractivity contribution in [3.63, 3.8) is 0 Å². The average molecular weight is 536 g/mol. The van der Waals surface area contributed by atoms with Crippen LogP contribution in [0.2, 0.25) is 0 Å². The summed E-state index contributed by atoms with van der Waals surface area (Å²) in [7, 11) is -6.06. The first-order valence-corrected chi connectivity index (χ1v) is 12.7. The Balaban J connectivity index is 4.54. The minimum Gasteiger partial charge on any atom is -0.321 e. The summed E-state index contributed by atoms with van der Waals surface area (Å²) in [6.07, 6.45) is 0. The third kappa shape index (κ3) is 8.19. The number of alkyl halides is 4. The Hall–Kier alpha value is 2.24. The van der Waals surface area contributed by atoms with Crippen molar-refractivity contribution in [1.82, 2.24) is 0 Å². The fraction of sp³-hybridized carbons (Fsp3) is 0.750. The van der Waals surface area contributed by atoms with E-state index in [9.17, 15) is 9.13 Å². The number of halogens is 6. The first kappa shape index (κ1) is 22.2. The van der Waals surface area contributed by atoms with Gasteiger partial charge in [-0.1, -0.05) is 31.9 Å². The van der Waals surface area contributed by atoms with Crippen molar-refractivity contribution >= 4 is 93.0 Å². The highest BCUT2D eigenvalue weighted by atomic mass is 79.9. The van der Waals surface area contributed by atoms with Gasteiger partial charge in [-0.3, -0.25) is 9.13 Å². The SMILES string of the molecule is O=P(CCl)(CCl)OC/C(Br)=C(\Br)COP(=O)(CCl)CCl. The van der Waals surface area contributed by atoms with E-state index in [1.165, 1.54) is 0 Å². The summed E-state index contributed by atoms with van der Waals surface area (Å²) in [5, 5.41) is 0. The zero-order valence-corrected chi connectivity index (χ0v) is 18.0. The molecule has 0 N–H and O–H groups in total. The van der Waals surface area contributed by atoms with Crippen LogP contribution in [0.4, 0.5) is 0 Å². The van der Waals surface area contributed by atoms with Gasteiger partial charge in [0.15, 0.2) is 0 Å². The Labute approximate surface area is 155 Å². The molecule has 0 amide bonds. The molecule has 0 radical (unpaired) electrons. The van der Waals surface area contributed by atoms with Crippen LogP contribution in [0.1, 0.15) is 0 Å². The first-order chi connectivity index (χ1) is 9.25. The van der Waals surface area contributed by atoms with Crippen LogP contribution in [0.5, 0.6) is 0 Å². The molecular formula is C8H12Br2Cl4O4P2. The summed E-state index contributed by atoms with van der Waals surface area (Å²) in [6.45, 7) is -0.0145. The highest BCUT2D eigenvalue weighted by Gasteiger charge is 2.23. The van der Waals surface area contributed by atoms with Crippen LogP contribution in [-0.4, -0.2) is 35.7 Å². The summed E-state index contributed by atoms with van der Waals surface area (Å²) in [5.41, 5.74) is -0.672. The van der Waals surface area contributed by atoms with E-state index in [1.54, 1.807) is 0 Å². The van der Waals surface area contributed by atoms with Crippen LogP contribution in [0.15, 0.2) is 8.96 Å². The van der Waals surface area contributed by atoms with Gasteiger partial charge >= 0.3 is 0 Å². The molecule has 20 heavy (non-hydrogen) atoms. The molecule has 12 heteroatoms. The van der Waals surface area contributed by atoms with Gasteiger partial charge in [-0.15, -0.1) is 46.4 Å². The molecule has 120 valence electrons. The van der Waals surface area contributed by atoms with Crippen LogP contribution < -0.4 is 0 Å². The van der Waals surface area contributed by atoms with E-state index in [1.807, 2.05) is 0 Å². The maximum absolute atomic E-state index is 11.8. The third-order valence-electron chi connectivity index (χ3n) is 1.88. The quantitative estimate of drug-likeness (QED) is 0.241. The van der Waals surface area contributed by atoms with E-state index in [-0.39, 0.29) is 35.7 Å². The van der Waals surface area contributed by atoms with E-state index < -0.39 is 14.7 Å². The highest BCUT2D eigenvalue weighted by molar-refractivity contribution is 9.14. The van der Waals surface area contributed by atoms with Gasteiger partial charge in [0, 0.05) is 8.96 Å². The van der Waals surface area contributed by atoms with Gasteiger partial charge in [-0.2, -0.15) is 0 Å². The van der Waals surface area contributed by atoms with Crippen molar-refractivity contribution in [1.29, 1.82) is 0 Å². The van der Waals surface area contributed by atoms with Gasteiger partial charge in [-0.25, -0.2) is 0 Å². The molecule has 4 nitrogen and oxygen atoms in total. The molecule has 0 heterocycles.